The molecule has 0 saturated carbocycles. The van der Waals surface area contributed by atoms with Crippen LogP contribution in [0, 0.1) is 12.3 Å². The van der Waals surface area contributed by atoms with E-state index in [9.17, 15) is 9.59 Å². The van der Waals surface area contributed by atoms with Gasteiger partial charge in [0.25, 0.3) is 5.91 Å². The summed E-state index contributed by atoms with van der Waals surface area (Å²) in [6.07, 6.45) is 0.0417. The molecule has 0 bridgehead atoms. The number of nitrogens with one attached hydrogen (secondary N) is 1. The van der Waals surface area contributed by atoms with Crippen molar-refractivity contribution in [3.8, 4) is 0 Å². The molecule has 0 aliphatic carbocycles. The molecular formula is C24H31N3O2. The maximum atomic E-state index is 13.9. The van der Waals surface area contributed by atoms with E-state index < -0.39 is 5.54 Å². The second-order valence-corrected chi connectivity index (χ2v) is 8.97. The number of carbonyl (C=O) groups excluding carboxylic acids is 2. The van der Waals surface area contributed by atoms with Gasteiger partial charge in [-0.25, -0.2) is 4.79 Å². The molecular weight excluding hydrogens is 362 g/mol. The van der Waals surface area contributed by atoms with Gasteiger partial charge in [0, 0.05) is 25.9 Å². The van der Waals surface area contributed by atoms with Crippen molar-refractivity contribution in [1.29, 1.82) is 0 Å². The third kappa shape index (κ3) is 3.50. The lowest BCUT2D eigenvalue weighted by Gasteiger charge is -2.43. The number of aryl methyl sites for hydroxylation is 1. The SMILES string of the molecule is CNC(=O)N1C(C(C)(C)C)N(C)C(=O)C1(Cc1ccccc1)c1ccc(C)cc1. The fraction of sp³-hybridized carbons (Fsp3) is 0.417. The largest absolute Gasteiger partial charge is 0.341 e. The first-order chi connectivity index (χ1) is 13.6. The van der Waals surface area contributed by atoms with Gasteiger partial charge in [-0.2, -0.15) is 0 Å². The molecule has 1 heterocycles. The van der Waals surface area contributed by atoms with E-state index in [0.717, 1.165) is 16.7 Å². The highest BCUT2D eigenvalue weighted by molar-refractivity contribution is 5.96. The molecule has 5 nitrogen and oxygen atoms in total. The zero-order valence-corrected chi connectivity index (χ0v) is 18.2. The predicted octanol–water partition coefficient (Wildman–Crippen LogP) is 3.92. The van der Waals surface area contributed by atoms with Crippen molar-refractivity contribution in [3.63, 3.8) is 0 Å². The van der Waals surface area contributed by atoms with E-state index in [-0.39, 0.29) is 23.5 Å². The molecule has 2 aromatic carbocycles. The molecule has 1 aliphatic rings. The van der Waals surface area contributed by atoms with Crippen LogP contribution < -0.4 is 5.32 Å². The molecule has 5 heteroatoms. The fourth-order valence-corrected chi connectivity index (χ4v) is 4.51. The van der Waals surface area contributed by atoms with Crippen LogP contribution in [0.4, 0.5) is 4.79 Å². The number of urea groups is 1. The normalized spacial score (nSPS) is 22.1. The van der Waals surface area contributed by atoms with Crippen molar-refractivity contribution >= 4 is 11.9 Å². The molecule has 1 N–H and O–H groups in total. The van der Waals surface area contributed by atoms with Gasteiger partial charge in [-0.1, -0.05) is 80.9 Å². The van der Waals surface area contributed by atoms with E-state index in [0.29, 0.717) is 6.42 Å². The van der Waals surface area contributed by atoms with Crippen LogP contribution in [0.1, 0.15) is 37.5 Å². The first kappa shape index (κ1) is 20.9. The van der Waals surface area contributed by atoms with Crippen LogP contribution in [0.2, 0.25) is 0 Å². The van der Waals surface area contributed by atoms with E-state index in [1.54, 1.807) is 23.9 Å². The lowest BCUT2D eigenvalue weighted by Crippen LogP contribution is -2.58. The van der Waals surface area contributed by atoms with Crippen LogP contribution >= 0.6 is 0 Å². The number of nitrogens with zero attached hydrogens (tertiary/aromatic N) is 2. The molecule has 2 atom stereocenters. The van der Waals surface area contributed by atoms with Gasteiger partial charge in [0.05, 0.1) is 0 Å². The molecule has 0 radical (unpaired) electrons. The Kier molecular flexibility index (Phi) is 5.44. The average molecular weight is 394 g/mol. The van der Waals surface area contributed by atoms with Gasteiger partial charge in [-0.15, -0.1) is 0 Å². The summed E-state index contributed by atoms with van der Waals surface area (Å²) in [4.78, 5) is 30.6. The molecule has 3 rings (SSSR count). The van der Waals surface area contributed by atoms with Crippen molar-refractivity contribution in [1.82, 2.24) is 15.1 Å². The second-order valence-electron chi connectivity index (χ2n) is 8.97. The molecule has 1 fully saturated rings. The van der Waals surface area contributed by atoms with E-state index in [2.05, 4.69) is 26.1 Å². The summed E-state index contributed by atoms with van der Waals surface area (Å²) in [6, 6.07) is 17.6. The van der Waals surface area contributed by atoms with E-state index >= 15 is 0 Å². The Hall–Kier alpha value is -2.82. The lowest BCUT2D eigenvalue weighted by atomic mass is 9.81. The highest BCUT2D eigenvalue weighted by Gasteiger charge is 2.61. The average Bonchev–Trinajstić information content (AvgIpc) is 2.91. The minimum Gasteiger partial charge on any atom is -0.341 e. The van der Waals surface area contributed by atoms with Crippen LogP contribution in [-0.2, 0) is 16.8 Å². The van der Waals surface area contributed by atoms with E-state index in [1.165, 1.54) is 0 Å². The number of benzene rings is 2. The minimum atomic E-state index is -1.11. The maximum Gasteiger partial charge on any atom is 0.319 e. The number of hydrogen-bond donors (Lipinski definition) is 1. The van der Waals surface area contributed by atoms with Crippen LogP contribution in [-0.4, -0.2) is 42.0 Å². The first-order valence-electron chi connectivity index (χ1n) is 10.0. The second kappa shape index (κ2) is 7.54. The smallest absolute Gasteiger partial charge is 0.319 e. The summed E-state index contributed by atoms with van der Waals surface area (Å²) < 4.78 is 0. The summed E-state index contributed by atoms with van der Waals surface area (Å²) in [5, 5.41) is 2.78. The molecule has 1 saturated heterocycles. The number of likely N-dealkylation sites (N-methyl/N-ethyl adjacent to an activating group) is 1. The van der Waals surface area contributed by atoms with Crippen molar-refractivity contribution in [2.24, 2.45) is 5.41 Å². The van der Waals surface area contributed by atoms with Crippen molar-refractivity contribution in [2.75, 3.05) is 14.1 Å². The number of carbonyl (C=O) groups is 2. The highest BCUT2D eigenvalue weighted by atomic mass is 16.2. The lowest BCUT2D eigenvalue weighted by molar-refractivity contribution is -0.133. The molecule has 3 amide bonds. The van der Waals surface area contributed by atoms with Crippen LogP contribution in [0.5, 0.6) is 0 Å². The van der Waals surface area contributed by atoms with Crippen LogP contribution in [0.25, 0.3) is 0 Å². The Morgan fingerprint density at radius 3 is 2.17 bits per heavy atom. The summed E-state index contributed by atoms with van der Waals surface area (Å²) >= 11 is 0. The Morgan fingerprint density at radius 2 is 1.66 bits per heavy atom. The minimum absolute atomic E-state index is 0.0614. The Bertz CT molecular complexity index is 887. The summed E-state index contributed by atoms with van der Waals surface area (Å²) in [5.41, 5.74) is 1.53. The Balaban J connectivity index is 2.29. The standard InChI is InChI=1S/C24H31N3O2/c1-17-12-14-19(15-13-17)24(16-18-10-8-7-9-11-18)21(28)26(6)20(23(2,3)4)27(24)22(29)25-5/h7-15,20H,16H2,1-6H3,(H,25,29). The van der Waals surface area contributed by atoms with Crippen molar-refractivity contribution in [2.45, 2.75) is 45.8 Å². The molecule has 29 heavy (non-hydrogen) atoms. The number of hydrogen-bond acceptors (Lipinski definition) is 2. The molecule has 154 valence electrons. The zero-order chi connectivity index (χ0) is 21.4. The van der Waals surface area contributed by atoms with Crippen molar-refractivity contribution < 1.29 is 9.59 Å². The first-order valence-corrected chi connectivity index (χ1v) is 10.0. The molecule has 2 aromatic rings. The van der Waals surface area contributed by atoms with Gasteiger partial charge in [0.1, 0.15) is 6.17 Å². The number of amides is 3. The third-order valence-electron chi connectivity index (χ3n) is 5.74. The summed E-state index contributed by atoms with van der Waals surface area (Å²) in [7, 11) is 3.42. The highest BCUT2D eigenvalue weighted by Crippen LogP contribution is 2.46. The maximum absolute atomic E-state index is 13.9. The fourth-order valence-electron chi connectivity index (χ4n) is 4.51. The third-order valence-corrected chi connectivity index (χ3v) is 5.74. The van der Waals surface area contributed by atoms with E-state index in [1.807, 2.05) is 61.5 Å². The van der Waals surface area contributed by atoms with Gasteiger partial charge in [0.15, 0.2) is 5.54 Å². The van der Waals surface area contributed by atoms with Gasteiger partial charge >= 0.3 is 6.03 Å². The predicted molar refractivity (Wildman–Crippen MR) is 115 cm³/mol. The topological polar surface area (TPSA) is 52.7 Å². The molecule has 0 aromatic heterocycles. The van der Waals surface area contributed by atoms with Crippen LogP contribution in [0.15, 0.2) is 54.6 Å². The summed E-state index contributed by atoms with van der Waals surface area (Å²) in [5.74, 6) is -0.0614. The quantitative estimate of drug-likeness (QED) is 0.859. The van der Waals surface area contributed by atoms with Crippen LogP contribution in [0.3, 0.4) is 0 Å². The zero-order valence-electron chi connectivity index (χ0n) is 18.2. The van der Waals surface area contributed by atoms with Crippen molar-refractivity contribution in [3.05, 3.63) is 71.3 Å². The molecule has 0 spiro atoms. The Morgan fingerprint density at radius 1 is 1.07 bits per heavy atom. The monoisotopic (exact) mass is 393 g/mol. The van der Waals surface area contributed by atoms with Gasteiger partial charge in [0.2, 0.25) is 0 Å². The van der Waals surface area contributed by atoms with E-state index in [4.69, 9.17) is 0 Å². The van der Waals surface area contributed by atoms with Gasteiger partial charge in [-0.3, -0.25) is 9.69 Å². The number of rotatable bonds is 3. The Labute approximate surface area is 173 Å². The van der Waals surface area contributed by atoms with Gasteiger partial charge < -0.3 is 10.2 Å². The molecule has 1 aliphatic heterocycles. The molecule has 2 unspecified atom stereocenters. The summed E-state index contributed by atoms with van der Waals surface area (Å²) in [6.45, 7) is 8.20. The van der Waals surface area contributed by atoms with Gasteiger partial charge in [-0.05, 0) is 18.1 Å².